The summed E-state index contributed by atoms with van der Waals surface area (Å²) in [5.74, 6) is 1.86. The lowest BCUT2D eigenvalue weighted by molar-refractivity contribution is 0.306. The van der Waals surface area contributed by atoms with Crippen molar-refractivity contribution in [3.63, 3.8) is 0 Å². The first-order chi connectivity index (χ1) is 17.1. The van der Waals surface area contributed by atoms with Crippen LogP contribution in [0.4, 0.5) is 4.39 Å². The number of halogens is 2. The van der Waals surface area contributed by atoms with Crippen LogP contribution in [0.2, 0.25) is 0 Å². The molecule has 0 radical (unpaired) electrons. The molecule has 2 heterocycles. The molecule has 2 aromatic heterocycles. The first-order valence-electron chi connectivity index (χ1n) is 10.7. The van der Waals surface area contributed by atoms with Crippen LogP contribution in [-0.4, -0.2) is 22.2 Å². The summed E-state index contributed by atoms with van der Waals surface area (Å²) in [5, 5.41) is 4.09. The molecular weight excluding hydrogens is 513 g/mol. The third-order valence-corrected chi connectivity index (χ3v) is 5.78. The molecule has 0 unspecified atom stereocenters. The second-order valence-corrected chi connectivity index (χ2v) is 8.59. The van der Waals surface area contributed by atoms with Crippen LogP contribution < -0.4 is 9.47 Å². The van der Waals surface area contributed by atoms with Crippen molar-refractivity contribution >= 4 is 15.9 Å². The fourth-order valence-corrected chi connectivity index (χ4v) is 3.97. The summed E-state index contributed by atoms with van der Waals surface area (Å²) < 4.78 is 31.4. The number of pyridine rings is 1. The zero-order valence-electron chi connectivity index (χ0n) is 18.6. The van der Waals surface area contributed by atoms with Gasteiger partial charge in [-0.2, -0.15) is 4.98 Å². The van der Waals surface area contributed by atoms with Crippen molar-refractivity contribution in [3.05, 3.63) is 101 Å². The van der Waals surface area contributed by atoms with E-state index < -0.39 is 0 Å². The lowest BCUT2D eigenvalue weighted by atomic mass is 10.0. The van der Waals surface area contributed by atoms with Gasteiger partial charge in [0, 0.05) is 44.7 Å². The Morgan fingerprint density at radius 2 is 1.77 bits per heavy atom. The predicted molar refractivity (Wildman–Crippen MR) is 133 cm³/mol. The Morgan fingerprint density at radius 3 is 2.57 bits per heavy atom. The molecular formula is C27H19BrFN3O3. The van der Waals surface area contributed by atoms with Crippen LogP contribution in [0.5, 0.6) is 11.5 Å². The minimum Gasteiger partial charge on any atom is -0.496 e. The molecule has 8 heteroatoms. The van der Waals surface area contributed by atoms with E-state index in [-0.39, 0.29) is 5.82 Å². The van der Waals surface area contributed by atoms with Crippen LogP contribution in [0.15, 0.2) is 94.2 Å². The van der Waals surface area contributed by atoms with E-state index in [0.29, 0.717) is 35.4 Å². The number of benzene rings is 3. The predicted octanol–water partition coefficient (Wildman–Crippen LogP) is 6.95. The zero-order chi connectivity index (χ0) is 24.2. The average Bonchev–Trinajstić information content (AvgIpc) is 3.38. The standard InChI is InChI=1S/C27H19BrFN3O3/c1-33-25-10-7-22(29)13-24(25)20-11-17(14-30-15-20)16-34-23-8-5-18(6-9-23)26-31-27(35-32-26)19-3-2-4-21(28)12-19/h2-15H,16H2,1H3. The smallest absolute Gasteiger partial charge is 0.258 e. The first-order valence-corrected chi connectivity index (χ1v) is 11.5. The topological polar surface area (TPSA) is 70.3 Å². The molecule has 0 bridgehead atoms. The third-order valence-electron chi connectivity index (χ3n) is 5.28. The van der Waals surface area contributed by atoms with E-state index >= 15 is 0 Å². The van der Waals surface area contributed by atoms with Gasteiger partial charge in [-0.1, -0.05) is 27.2 Å². The highest BCUT2D eigenvalue weighted by molar-refractivity contribution is 9.10. The molecule has 0 N–H and O–H groups in total. The van der Waals surface area contributed by atoms with Gasteiger partial charge in [-0.3, -0.25) is 4.98 Å². The molecule has 3 aromatic carbocycles. The maximum absolute atomic E-state index is 13.8. The normalized spacial score (nSPS) is 10.8. The highest BCUT2D eigenvalue weighted by atomic mass is 79.9. The Bertz CT molecular complexity index is 1470. The first kappa shape index (κ1) is 22.7. The van der Waals surface area contributed by atoms with E-state index in [0.717, 1.165) is 26.7 Å². The minimum absolute atomic E-state index is 0.299. The van der Waals surface area contributed by atoms with Crippen LogP contribution >= 0.6 is 15.9 Å². The van der Waals surface area contributed by atoms with Crippen LogP contribution in [0.25, 0.3) is 34.0 Å². The van der Waals surface area contributed by atoms with E-state index in [1.54, 1.807) is 25.6 Å². The van der Waals surface area contributed by atoms with Gasteiger partial charge in [0.1, 0.15) is 23.9 Å². The van der Waals surface area contributed by atoms with Gasteiger partial charge in [0.05, 0.1) is 7.11 Å². The lowest BCUT2D eigenvalue weighted by Gasteiger charge is -2.11. The van der Waals surface area contributed by atoms with Gasteiger partial charge in [-0.15, -0.1) is 0 Å². The van der Waals surface area contributed by atoms with Crippen molar-refractivity contribution < 1.29 is 18.4 Å². The fraction of sp³-hybridized carbons (Fsp3) is 0.0741. The summed E-state index contributed by atoms with van der Waals surface area (Å²) in [6, 6.07) is 21.4. The van der Waals surface area contributed by atoms with Crippen molar-refractivity contribution in [1.82, 2.24) is 15.1 Å². The molecule has 0 atom stereocenters. The van der Waals surface area contributed by atoms with Gasteiger partial charge >= 0.3 is 0 Å². The molecule has 5 aromatic rings. The quantitative estimate of drug-likeness (QED) is 0.226. The molecule has 6 nitrogen and oxygen atoms in total. The number of methoxy groups -OCH3 is 1. The van der Waals surface area contributed by atoms with E-state index in [2.05, 4.69) is 31.1 Å². The van der Waals surface area contributed by atoms with Crippen molar-refractivity contribution in [2.45, 2.75) is 6.61 Å². The maximum atomic E-state index is 13.8. The van der Waals surface area contributed by atoms with E-state index in [4.69, 9.17) is 14.0 Å². The molecule has 0 aliphatic carbocycles. The van der Waals surface area contributed by atoms with Gasteiger partial charge in [-0.25, -0.2) is 4.39 Å². The van der Waals surface area contributed by atoms with Crippen LogP contribution in [0.3, 0.4) is 0 Å². The molecule has 0 amide bonds. The molecule has 0 spiro atoms. The second kappa shape index (κ2) is 10.1. The Morgan fingerprint density at radius 1 is 0.914 bits per heavy atom. The molecule has 0 fully saturated rings. The number of hydrogen-bond acceptors (Lipinski definition) is 6. The number of rotatable bonds is 7. The van der Waals surface area contributed by atoms with Gasteiger partial charge in [0.25, 0.3) is 5.89 Å². The Balaban J connectivity index is 1.28. The summed E-state index contributed by atoms with van der Waals surface area (Å²) in [6.45, 7) is 0.299. The van der Waals surface area contributed by atoms with Gasteiger partial charge in [0.15, 0.2) is 0 Å². The monoisotopic (exact) mass is 531 g/mol. The molecule has 5 rings (SSSR count). The Kier molecular flexibility index (Phi) is 6.54. The van der Waals surface area contributed by atoms with E-state index in [9.17, 15) is 4.39 Å². The summed E-state index contributed by atoms with van der Waals surface area (Å²) >= 11 is 3.45. The van der Waals surface area contributed by atoms with Crippen LogP contribution in [0.1, 0.15) is 5.56 Å². The molecule has 0 saturated heterocycles. The Hall–Kier alpha value is -4.04. The molecule has 0 aliphatic heterocycles. The lowest BCUT2D eigenvalue weighted by Crippen LogP contribution is -1.97. The second-order valence-electron chi connectivity index (χ2n) is 7.67. The Labute approximate surface area is 209 Å². The number of aromatic nitrogens is 3. The van der Waals surface area contributed by atoms with Gasteiger partial charge in [0.2, 0.25) is 5.82 Å². The maximum Gasteiger partial charge on any atom is 0.258 e. The summed E-state index contributed by atoms with van der Waals surface area (Å²) in [4.78, 5) is 8.77. The average molecular weight is 532 g/mol. The van der Waals surface area contributed by atoms with Crippen molar-refractivity contribution in [1.29, 1.82) is 0 Å². The highest BCUT2D eigenvalue weighted by Crippen LogP contribution is 2.31. The van der Waals surface area contributed by atoms with Gasteiger partial charge in [-0.05, 0) is 66.7 Å². The van der Waals surface area contributed by atoms with E-state index in [1.807, 2.05) is 54.6 Å². The van der Waals surface area contributed by atoms with Crippen LogP contribution in [-0.2, 0) is 6.61 Å². The fourth-order valence-electron chi connectivity index (χ4n) is 3.57. The summed E-state index contributed by atoms with van der Waals surface area (Å²) in [5.41, 5.74) is 3.87. The minimum atomic E-state index is -0.340. The molecule has 0 aliphatic rings. The highest BCUT2D eigenvalue weighted by Gasteiger charge is 2.12. The largest absolute Gasteiger partial charge is 0.496 e. The summed E-state index contributed by atoms with van der Waals surface area (Å²) in [7, 11) is 1.55. The SMILES string of the molecule is COc1ccc(F)cc1-c1cncc(COc2ccc(-c3noc(-c4cccc(Br)c4)n3)cc2)c1. The molecule has 0 saturated carbocycles. The van der Waals surface area contributed by atoms with Crippen molar-refractivity contribution in [2.24, 2.45) is 0 Å². The van der Waals surface area contributed by atoms with Crippen LogP contribution in [0, 0.1) is 5.82 Å². The third kappa shape index (κ3) is 5.22. The molecule has 174 valence electrons. The number of ether oxygens (including phenoxy) is 2. The van der Waals surface area contributed by atoms with Gasteiger partial charge < -0.3 is 14.0 Å². The number of hydrogen-bond donors (Lipinski definition) is 0. The van der Waals surface area contributed by atoms with Crippen molar-refractivity contribution in [3.8, 4) is 45.5 Å². The van der Waals surface area contributed by atoms with Crippen molar-refractivity contribution in [2.75, 3.05) is 7.11 Å². The number of nitrogens with zero attached hydrogens (tertiary/aromatic N) is 3. The molecule has 35 heavy (non-hydrogen) atoms. The summed E-state index contributed by atoms with van der Waals surface area (Å²) in [6.07, 6.45) is 3.38. The van der Waals surface area contributed by atoms with E-state index in [1.165, 1.54) is 12.1 Å². The zero-order valence-corrected chi connectivity index (χ0v) is 20.2.